The number of hydrogen-bond donors (Lipinski definition) is 1. The van der Waals surface area contributed by atoms with E-state index in [4.69, 9.17) is 4.98 Å². The lowest BCUT2D eigenvalue weighted by Crippen LogP contribution is -2.33. The summed E-state index contributed by atoms with van der Waals surface area (Å²) in [6.45, 7) is 5.73. The highest BCUT2D eigenvalue weighted by Crippen LogP contribution is 2.34. The van der Waals surface area contributed by atoms with Gasteiger partial charge < -0.3 is 14.8 Å². The van der Waals surface area contributed by atoms with Crippen LogP contribution in [0.15, 0.2) is 36.5 Å². The second-order valence-corrected chi connectivity index (χ2v) is 8.04. The molecule has 0 bridgehead atoms. The second-order valence-electron chi connectivity index (χ2n) is 8.04. The number of halogens is 1. The van der Waals surface area contributed by atoms with Crippen LogP contribution in [0.2, 0.25) is 0 Å². The third-order valence-corrected chi connectivity index (χ3v) is 6.28. The van der Waals surface area contributed by atoms with E-state index in [9.17, 15) is 4.79 Å². The van der Waals surface area contributed by atoms with Gasteiger partial charge in [-0.15, -0.1) is 12.4 Å². The van der Waals surface area contributed by atoms with Crippen molar-refractivity contribution < 1.29 is 4.79 Å². The number of likely N-dealkylation sites (tertiary alicyclic amines) is 1. The standard InChI is InChI=1S/C22H28N6O.ClH/c1-2-26-19-9-4-3-8-17(19)24-21(26)20-10-6-13-27(20)22(29)18-11-14-28(25-18)16-7-5-12-23-15-16;/h3-4,8-9,11,14,16,20,23H,2,5-7,10,12-13,15H2,1H3;1H. The molecule has 2 fully saturated rings. The summed E-state index contributed by atoms with van der Waals surface area (Å²) in [5.74, 6) is 1.01. The minimum Gasteiger partial charge on any atom is -0.327 e. The number of nitrogens with one attached hydrogen (secondary N) is 1. The van der Waals surface area contributed by atoms with Gasteiger partial charge in [0.15, 0.2) is 0 Å². The molecule has 1 N–H and O–H groups in total. The number of rotatable bonds is 4. The van der Waals surface area contributed by atoms with Crippen molar-refractivity contribution in [1.82, 2.24) is 29.5 Å². The van der Waals surface area contributed by atoms with Crippen molar-refractivity contribution in [2.75, 3.05) is 19.6 Å². The van der Waals surface area contributed by atoms with Crippen LogP contribution in [0.1, 0.15) is 61.0 Å². The zero-order valence-corrected chi connectivity index (χ0v) is 18.1. The maximum Gasteiger partial charge on any atom is 0.274 e. The monoisotopic (exact) mass is 428 g/mol. The van der Waals surface area contributed by atoms with Gasteiger partial charge in [-0.05, 0) is 57.4 Å². The van der Waals surface area contributed by atoms with Crippen LogP contribution in [0.3, 0.4) is 0 Å². The molecule has 4 heterocycles. The summed E-state index contributed by atoms with van der Waals surface area (Å²) in [6.07, 6.45) is 6.15. The number of hydrogen-bond acceptors (Lipinski definition) is 4. The van der Waals surface area contributed by atoms with Crippen molar-refractivity contribution in [2.45, 2.75) is 51.2 Å². The maximum absolute atomic E-state index is 13.3. The number of nitrogens with zero attached hydrogens (tertiary/aromatic N) is 5. The third kappa shape index (κ3) is 3.61. The number of benzene rings is 1. The molecule has 0 saturated carbocycles. The number of aromatic nitrogens is 4. The number of carbonyl (C=O) groups is 1. The van der Waals surface area contributed by atoms with Crippen LogP contribution in [-0.2, 0) is 6.54 Å². The van der Waals surface area contributed by atoms with E-state index in [1.165, 1.54) is 0 Å². The van der Waals surface area contributed by atoms with Crippen molar-refractivity contribution in [3.05, 3.63) is 48.0 Å². The number of carbonyl (C=O) groups excluding carboxylic acids is 1. The number of fused-ring (bicyclic) bond motifs is 1. The quantitative estimate of drug-likeness (QED) is 0.689. The number of para-hydroxylation sites is 2. The van der Waals surface area contributed by atoms with E-state index in [0.29, 0.717) is 11.7 Å². The Kier molecular flexibility index (Phi) is 6.11. The third-order valence-electron chi connectivity index (χ3n) is 6.28. The van der Waals surface area contributed by atoms with Crippen molar-refractivity contribution in [2.24, 2.45) is 0 Å². The van der Waals surface area contributed by atoms with Crippen molar-refractivity contribution in [3.8, 4) is 0 Å². The van der Waals surface area contributed by atoms with E-state index >= 15 is 0 Å². The van der Waals surface area contributed by atoms with Crippen LogP contribution < -0.4 is 5.32 Å². The summed E-state index contributed by atoms with van der Waals surface area (Å²) in [5.41, 5.74) is 2.68. The number of imidazole rings is 1. The van der Waals surface area contributed by atoms with Crippen LogP contribution in [0.25, 0.3) is 11.0 Å². The first kappa shape index (κ1) is 20.9. The Morgan fingerprint density at radius 2 is 2.07 bits per heavy atom. The van der Waals surface area contributed by atoms with Crippen LogP contribution >= 0.6 is 12.4 Å². The molecule has 2 saturated heterocycles. The molecule has 1 amide bonds. The van der Waals surface area contributed by atoms with Gasteiger partial charge in [-0.25, -0.2) is 4.98 Å². The van der Waals surface area contributed by atoms with Crippen molar-refractivity contribution in [1.29, 1.82) is 0 Å². The molecule has 2 atom stereocenters. The summed E-state index contributed by atoms with van der Waals surface area (Å²) in [4.78, 5) is 20.2. The number of aryl methyl sites for hydroxylation is 1. The second kappa shape index (κ2) is 8.78. The molecule has 2 aliphatic rings. The van der Waals surface area contributed by atoms with Gasteiger partial charge in [0.1, 0.15) is 11.5 Å². The van der Waals surface area contributed by atoms with E-state index in [-0.39, 0.29) is 24.4 Å². The highest BCUT2D eigenvalue weighted by atomic mass is 35.5. The van der Waals surface area contributed by atoms with E-state index in [0.717, 1.165) is 68.7 Å². The SMILES string of the molecule is CCn1c(C2CCCN2C(=O)c2ccn(C3CCCNC3)n2)nc2ccccc21.Cl. The largest absolute Gasteiger partial charge is 0.327 e. The normalized spacial score (nSPS) is 21.7. The summed E-state index contributed by atoms with van der Waals surface area (Å²) < 4.78 is 4.21. The Morgan fingerprint density at radius 1 is 1.20 bits per heavy atom. The average Bonchev–Trinajstić information content (AvgIpc) is 3.51. The fourth-order valence-electron chi connectivity index (χ4n) is 4.82. The lowest BCUT2D eigenvalue weighted by molar-refractivity contribution is 0.0720. The van der Waals surface area contributed by atoms with E-state index in [2.05, 4.69) is 28.0 Å². The van der Waals surface area contributed by atoms with Gasteiger partial charge in [0.25, 0.3) is 5.91 Å². The van der Waals surface area contributed by atoms with Gasteiger partial charge in [0.05, 0.1) is 23.1 Å². The summed E-state index contributed by atoms with van der Waals surface area (Å²) in [6, 6.07) is 10.4. The Bertz CT molecular complexity index is 1020. The molecule has 2 aliphatic heterocycles. The molecule has 2 aromatic heterocycles. The van der Waals surface area contributed by atoms with Crippen LogP contribution in [0, 0.1) is 0 Å². The van der Waals surface area contributed by atoms with Gasteiger partial charge in [0.2, 0.25) is 0 Å². The number of amides is 1. The molecule has 30 heavy (non-hydrogen) atoms. The predicted molar refractivity (Wildman–Crippen MR) is 119 cm³/mol. The predicted octanol–water partition coefficient (Wildman–Crippen LogP) is 3.58. The van der Waals surface area contributed by atoms with E-state index < -0.39 is 0 Å². The maximum atomic E-state index is 13.3. The van der Waals surface area contributed by atoms with Crippen LogP contribution in [-0.4, -0.2) is 49.8 Å². The van der Waals surface area contributed by atoms with E-state index in [1.54, 1.807) is 0 Å². The molecule has 0 spiro atoms. The molecule has 2 unspecified atom stereocenters. The fourth-order valence-corrected chi connectivity index (χ4v) is 4.82. The molecule has 0 aliphatic carbocycles. The first-order valence-electron chi connectivity index (χ1n) is 10.8. The molecular weight excluding hydrogens is 400 g/mol. The lowest BCUT2D eigenvalue weighted by atomic mass is 10.1. The Labute approximate surface area is 182 Å². The average molecular weight is 429 g/mol. The van der Waals surface area contributed by atoms with Gasteiger partial charge in [-0.2, -0.15) is 5.10 Å². The van der Waals surface area contributed by atoms with Gasteiger partial charge >= 0.3 is 0 Å². The lowest BCUT2D eigenvalue weighted by Gasteiger charge is -2.25. The van der Waals surface area contributed by atoms with Crippen molar-refractivity contribution in [3.63, 3.8) is 0 Å². The smallest absolute Gasteiger partial charge is 0.274 e. The van der Waals surface area contributed by atoms with Crippen LogP contribution in [0.4, 0.5) is 0 Å². The molecule has 3 aromatic rings. The molecule has 7 nitrogen and oxygen atoms in total. The highest BCUT2D eigenvalue weighted by Gasteiger charge is 2.35. The molecule has 8 heteroatoms. The van der Waals surface area contributed by atoms with Gasteiger partial charge in [-0.1, -0.05) is 12.1 Å². The topological polar surface area (TPSA) is 68.0 Å². The minimum atomic E-state index is 0. The first-order chi connectivity index (χ1) is 14.3. The molecule has 1 aromatic carbocycles. The zero-order chi connectivity index (χ0) is 19.8. The summed E-state index contributed by atoms with van der Waals surface area (Å²) >= 11 is 0. The molecule has 160 valence electrons. The zero-order valence-electron chi connectivity index (χ0n) is 17.3. The summed E-state index contributed by atoms with van der Waals surface area (Å²) in [7, 11) is 0. The Morgan fingerprint density at radius 3 is 2.87 bits per heavy atom. The van der Waals surface area contributed by atoms with Gasteiger partial charge in [-0.3, -0.25) is 9.48 Å². The summed E-state index contributed by atoms with van der Waals surface area (Å²) in [5, 5.41) is 8.06. The first-order valence-corrected chi connectivity index (χ1v) is 10.8. The van der Waals surface area contributed by atoms with Crippen LogP contribution in [0.5, 0.6) is 0 Å². The van der Waals surface area contributed by atoms with Gasteiger partial charge in [0, 0.05) is 25.8 Å². The molecule has 5 rings (SSSR count). The number of piperidine rings is 1. The fraction of sp³-hybridized carbons (Fsp3) is 0.500. The van der Waals surface area contributed by atoms with Crippen molar-refractivity contribution >= 4 is 29.3 Å². The molecule has 0 radical (unpaired) electrons. The molecular formula is C22H29ClN6O. The Balaban J connectivity index is 0.00000218. The Hall–Kier alpha value is -2.38. The minimum absolute atomic E-state index is 0. The van der Waals surface area contributed by atoms with E-state index in [1.807, 2.05) is 40.0 Å². The highest BCUT2D eigenvalue weighted by molar-refractivity contribution is 5.92.